The molecule has 0 N–H and O–H groups in total. The van der Waals surface area contributed by atoms with E-state index in [9.17, 15) is 0 Å². The summed E-state index contributed by atoms with van der Waals surface area (Å²) in [7, 11) is 0. The topological polar surface area (TPSA) is 18.5 Å². The molecule has 1 unspecified atom stereocenters. The van der Waals surface area contributed by atoms with Gasteiger partial charge in [0.05, 0.1) is 17.3 Å². The molecule has 0 aromatic carbocycles. The van der Waals surface area contributed by atoms with E-state index in [4.69, 9.17) is 20.9 Å². The highest BCUT2D eigenvalue weighted by Crippen LogP contribution is 2.62. The van der Waals surface area contributed by atoms with Crippen LogP contribution in [-0.4, -0.2) is 34.0 Å². The zero-order chi connectivity index (χ0) is 12.9. The molecule has 17 heavy (non-hydrogen) atoms. The van der Waals surface area contributed by atoms with Crippen LogP contribution in [0.2, 0.25) is 0 Å². The fraction of sp³-hybridized carbons (Fsp3) is 1.00. The molecule has 0 bridgehead atoms. The lowest BCUT2D eigenvalue weighted by atomic mass is 10.5. The minimum Gasteiger partial charge on any atom is -0.322 e. The van der Waals surface area contributed by atoms with Crippen LogP contribution in [0.5, 0.6) is 0 Å². The Labute approximate surface area is 123 Å². The summed E-state index contributed by atoms with van der Waals surface area (Å²) in [6, 6.07) is 0. The van der Waals surface area contributed by atoms with Gasteiger partial charge in [-0.25, -0.2) is 0 Å². The van der Waals surface area contributed by atoms with Crippen LogP contribution >= 0.6 is 40.6 Å². The lowest BCUT2D eigenvalue weighted by molar-refractivity contribution is 0.280. The van der Waals surface area contributed by atoms with Gasteiger partial charge < -0.3 is 9.05 Å². The molecule has 102 valence electrons. The maximum Gasteiger partial charge on any atom is 0.247 e. The summed E-state index contributed by atoms with van der Waals surface area (Å²) in [5.74, 6) is 2.25. The van der Waals surface area contributed by atoms with E-state index in [1.165, 1.54) is 5.75 Å². The fourth-order valence-electron chi connectivity index (χ4n) is 1.45. The predicted octanol–water partition coefficient (Wildman–Crippen LogP) is 4.60. The van der Waals surface area contributed by atoms with Crippen molar-refractivity contribution in [3.05, 3.63) is 0 Å². The van der Waals surface area contributed by atoms with Crippen LogP contribution in [0.15, 0.2) is 0 Å². The molecule has 0 aromatic rings. The molecule has 2 nitrogen and oxygen atoms in total. The molecule has 1 rings (SSSR count). The monoisotopic (exact) mass is 332 g/mol. The smallest absolute Gasteiger partial charge is 0.247 e. The Bertz CT molecular complexity index is 275. The Morgan fingerprint density at radius 1 is 1.35 bits per heavy atom. The Morgan fingerprint density at radius 3 is 2.35 bits per heavy atom. The first kappa shape index (κ1) is 16.7. The summed E-state index contributed by atoms with van der Waals surface area (Å²) >= 11 is 11.3. The number of rotatable bonds is 7. The van der Waals surface area contributed by atoms with Gasteiger partial charge >= 0.3 is 0 Å². The van der Waals surface area contributed by atoms with Crippen molar-refractivity contribution in [2.45, 2.75) is 37.0 Å². The van der Waals surface area contributed by atoms with Gasteiger partial charge in [0, 0.05) is 16.8 Å². The zero-order valence-electron chi connectivity index (χ0n) is 10.8. The third kappa shape index (κ3) is 6.07. The lowest BCUT2D eigenvalue weighted by Gasteiger charge is -2.21. The van der Waals surface area contributed by atoms with Crippen molar-refractivity contribution in [1.82, 2.24) is 0 Å². The first-order chi connectivity index (χ1) is 7.91. The summed E-state index contributed by atoms with van der Waals surface area (Å²) in [5.41, 5.74) is -2.09. The first-order valence-electron chi connectivity index (χ1n) is 5.76. The van der Waals surface area contributed by atoms with Crippen LogP contribution in [-0.2, 0) is 20.9 Å². The quantitative estimate of drug-likeness (QED) is 0.630. The van der Waals surface area contributed by atoms with Crippen molar-refractivity contribution >= 4 is 52.4 Å². The summed E-state index contributed by atoms with van der Waals surface area (Å²) in [6.45, 7) is 9.81. The highest BCUT2D eigenvalue weighted by Gasteiger charge is 2.33. The van der Waals surface area contributed by atoms with Crippen molar-refractivity contribution in [2.24, 2.45) is 0 Å². The van der Waals surface area contributed by atoms with Crippen molar-refractivity contribution in [1.29, 1.82) is 0 Å². The van der Waals surface area contributed by atoms with Gasteiger partial charge in [-0.15, -0.1) is 23.5 Å². The summed E-state index contributed by atoms with van der Waals surface area (Å²) in [5, 5.41) is 0.670. The Morgan fingerprint density at radius 2 is 1.94 bits per heavy atom. The molecular weight excluding hydrogens is 311 g/mol. The van der Waals surface area contributed by atoms with E-state index in [1.54, 1.807) is 11.4 Å². The number of hydrogen-bond donors (Lipinski definition) is 0. The molecule has 0 amide bonds. The van der Waals surface area contributed by atoms with Crippen molar-refractivity contribution in [2.75, 3.05) is 24.7 Å². The molecule has 1 saturated heterocycles. The first-order valence-corrected chi connectivity index (χ1v) is 11.9. The largest absolute Gasteiger partial charge is 0.322 e. The Balaban J connectivity index is 2.40. The minimum absolute atomic E-state index is 0.352. The third-order valence-electron chi connectivity index (χ3n) is 2.06. The summed E-state index contributed by atoms with van der Waals surface area (Å²) < 4.78 is 11.6. The highest BCUT2D eigenvalue weighted by atomic mass is 32.9. The molecule has 0 saturated carbocycles. The molecule has 1 aliphatic rings. The molecule has 1 atom stereocenters. The van der Waals surface area contributed by atoms with Gasteiger partial charge in [0.25, 0.3) is 0 Å². The molecule has 1 heterocycles. The van der Waals surface area contributed by atoms with Gasteiger partial charge in [0.1, 0.15) is 0 Å². The van der Waals surface area contributed by atoms with Crippen LogP contribution < -0.4 is 0 Å². The van der Waals surface area contributed by atoms with Gasteiger partial charge in [-0.05, 0) is 39.5 Å². The summed E-state index contributed by atoms with van der Waals surface area (Å²) in [4.78, 5) is 0. The molecule has 1 aliphatic heterocycles. The van der Waals surface area contributed by atoms with Crippen molar-refractivity contribution < 1.29 is 9.05 Å². The summed E-state index contributed by atoms with van der Waals surface area (Å²) in [6.07, 6.45) is 0. The third-order valence-corrected chi connectivity index (χ3v) is 11.2. The van der Waals surface area contributed by atoms with Gasteiger partial charge in [-0.3, -0.25) is 0 Å². The molecule has 0 spiro atoms. The maximum absolute atomic E-state index is 5.63. The van der Waals surface area contributed by atoms with Gasteiger partial charge in [0.15, 0.2) is 0 Å². The van der Waals surface area contributed by atoms with Crippen LogP contribution in [0.25, 0.3) is 0 Å². The normalized spacial score (nSPS) is 24.1. The predicted molar refractivity (Wildman–Crippen MR) is 87.9 cm³/mol. The second-order valence-corrected chi connectivity index (χ2v) is 14.2. The van der Waals surface area contributed by atoms with E-state index in [-0.39, 0.29) is 0 Å². The van der Waals surface area contributed by atoms with Gasteiger partial charge in [-0.2, -0.15) is 0 Å². The molecule has 7 heteroatoms. The van der Waals surface area contributed by atoms with E-state index in [2.05, 4.69) is 13.8 Å². The zero-order valence-corrected chi connectivity index (χ0v) is 15.0. The SMILES string of the molecule is CCOP(=S)(OCC)SCC1CSC(C)(C)S1. The van der Waals surface area contributed by atoms with Gasteiger partial charge in [-0.1, -0.05) is 11.4 Å². The second kappa shape index (κ2) is 7.41. The molecule has 0 aliphatic carbocycles. The minimum atomic E-state index is -2.09. The van der Waals surface area contributed by atoms with E-state index >= 15 is 0 Å². The maximum atomic E-state index is 5.63. The molecule has 0 radical (unpaired) electrons. The van der Waals surface area contributed by atoms with Crippen LogP contribution in [0, 0.1) is 0 Å². The van der Waals surface area contributed by atoms with Crippen LogP contribution in [0.3, 0.4) is 0 Å². The average Bonchev–Trinajstić information content (AvgIpc) is 2.56. The van der Waals surface area contributed by atoms with E-state index in [0.717, 1.165) is 5.75 Å². The molecule has 1 fully saturated rings. The standard InChI is InChI=1S/C10H21O2PS4/c1-5-11-13(14,12-6-2)16-8-9-7-15-10(3,4)17-9/h9H,5-8H2,1-4H3. The lowest BCUT2D eigenvalue weighted by Crippen LogP contribution is -2.08. The second-order valence-electron chi connectivity index (χ2n) is 4.03. The van der Waals surface area contributed by atoms with Crippen LogP contribution in [0.1, 0.15) is 27.7 Å². The van der Waals surface area contributed by atoms with Crippen molar-refractivity contribution in [3.8, 4) is 0 Å². The molecule has 0 aromatic heterocycles. The van der Waals surface area contributed by atoms with Gasteiger partial charge in [0.2, 0.25) is 5.69 Å². The molecular formula is C10H21O2PS4. The number of thioether (sulfide) groups is 2. The van der Waals surface area contributed by atoms with E-state index < -0.39 is 5.69 Å². The highest BCUT2D eigenvalue weighted by molar-refractivity contribution is 8.68. The van der Waals surface area contributed by atoms with Crippen molar-refractivity contribution in [3.63, 3.8) is 0 Å². The van der Waals surface area contributed by atoms with E-state index in [1.807, 2.05) is 37.4 Å². The average molecular weight is 333 g/mol. The van der Waals surface area contributed by atoms with E-state index in [0.29, 0.717) is 22.5 Å². The number of hydrogen-bond acceptors (Lipinski definition) is 6. The Kier molecular flexibility index (Phi) is 7.27. The van der Waals surface area contributed by atoms with Crippen LogP contribution in [0.4, 0.5) is 0 Å². The Hall–Kier alpha value is 1.62. The fourth-order valence-corrected chi connectivity index (χ4v) is 9.91.